The molecule has 0 aromatic heterocycles. The number of hydrogen-bond donors (Lipinski definition) is 1. The molecule has 0 spiro atoms. The highest BCUT2D eigenvalue weighted by atomic mass is 79.9. The molecule has 2 aromatic carbocycles. The van der Waals surface area contributed by atoms with Gasteiger partial charge in [-0.15, -0.1) is 0 Å². The first-order chi connectivity index (χ1) is 15.1. The van der Waals surface area contributed by atoms with Crippen molar-refractivity contribution in [2.24, 2.45) is 0 Å². The smallest absolute Gasteiger partial charge is 0.261 e. The number of aryl methyl sites for hydroxylation is 1. The molecule has 5 nitrogen and oxygen atoms in total. The molecule has 0 radical (unpaired) electrons. The van der Waals surface area contributed by atoms with Crippen molar-refractivity contribution in [3.8, 4) is 5.75 Å². The molecule has 2 rings (SSSR count). The fraction of sp³-hybridized carbons (Fsp3) is 0.462. The van der Waals surface area contributed by atoms with Crippen LogP contribution in [0, 0.1) is 0 Å². The lowest BCUT2D eigenvalue weighted by molar-refractivity contribution is -0.142. The van der Waals surface area contributed by atoms with Crippen LogP contribution in [0.5, 0.6) is 5.75 Å². The lowest BCUT2D eigenvalue weighted by atomic mass is 10.1. The number of hydrogen-bond acceptors (Lipinski definition) is 3. The predicted molar refractivity (Wildman–Crippen MR) is 133 cm³/mol. The molecule has 2 amide bonds. The average molecular weight is 503 g/mol. The van der Waals surface area contributed by atoms with Gasteiger partial charge in [0.25, 0.3) is 5.91 Å². The topological polar surface area (TPSA) is 58.6 Å². The summed E-state index contributed by atoms with van der Waals surface area (Å²) in [6.45, 7) is 10.1. The Labute approximate surface area is 200 Å². The molecular weight excluding hydrogens is 468 g/mol. The maximum atomic E-state index is 13.2. The highest BCUT2D eigenvalue weighted by Crippen LogP contribution is 2.26. The monoisotopic (exact) mass is 502 g/mol. The number of nitrogens with zero attached hydrogens (tertiary/aromatic N) is 1. The van der Waals surface area contributed by atoms with Crippen LogP contribution in [0.4, 0.5) is 0 Å². The van der Waals surface area contributed by atoms with Crippen molar-refractivity contribution in [2.45, 2.75) is 65.5 Å². The van der Waals surface area contributed by atoms with E-state index in [4.69, 9.17) is 4.74 Å². The summed E-state index contributed by atoms with van der Waals surface area (Å²) in [6, 6.07) is 15.3. The van der Waals surface area contributed by atoms with Gasteiger partial charge >= 0.3 is 0 Å². The first kappa shape index (κ1) is 25.9. The molecule has 174 valence electrons. The Kier molecular flexibility index (Phi) is 9.76. The second-order valence-corrected chi connectivity index (χ2v) is 9.75. The van der Waals surface area contributed by atoms with Crippen molar-refractivity contribution >= 4 is 27.7 Å². The molecule has 0 unspecified atom stereocenters. The van der Waals surface area contributed by atoms with E-state index in [0.717, 1.165) is 16.5 Å². The molecule has 0 aliphatic carbocycles. The molecule has 0 aliphatic heterocycles. The summed E-state index contributed by atoms with van der Waals surface area (Å²) in [5.74, 6) is 0.268. The van der Waals surface area contributed by atoms with Crippen molar-refractivity contribution in [3.63, 3.8) is 0 Å². The normalized spacial score (nSPS) is 12.2. The third-order valence-corrected chi connectivity index (χ3v) is 5.74. The van der Waals surface area contributed by atoms with E-state index >= 15 is 0 Å². The van der Waals surface area contributed by atoms with Gasteiger partial charge in [-0.25, -0.2) is 0 Å². The number of rotatable bonds is 10. The van der Waals surface area contributed by atoms with Gasteiger partial charge in [-0.1, -0.05) is 50.2 Å². The van der Waals surface area contributed by atoms with E-state index in [1.165, 1.54) is 5.56 Å². The quantitative estimate of drug-likeness (QED) is 0.488. The van der Waals surface area contributed by atoms with Crippen LogP contribution >= 0.6 is 15.9 Å². The van der Waals surface area contributed by atoms with Gasteiger partial charge in [0.1, 0.15) is 11.8 Å². The van der Waals surface area contributed by atoms with Gasteiger partial charge in [0.05, 0.1) is 4.47 Å². The highest BCUT2D eigenvalue weighted by molar-refractivity contribution is 9.10. The maximum Gasteiger partial charge on any atom is 0.261 e. The van der Waals surface area contributed by atoms with E-state index in [1.54, 1.807) is 4.90 Å². The minimum Gasteiger partial charge on any atom is -0.483 e. The molecule has 0 saturated carbocycles. The Morgan fingerprint density at radius 3 is 2.31 bits per heavy atom. The fourth-order valence-corrected chi connectivity index (χ4v) is 3.99. The van der Waals surface area contributed by atoms with Crippen LogP contribution in [0.15, 0.2) is 53.0 Å². The molecule has 1 N–H and O–H groups in total. The van der Waals surface area contributed by atoms with Crippen LogP contribution in [-0.4, -0.2) is 41.4 Å². The number of amides is 2. The van der Waals surface area contributed by atoms with Gasteiger partial charge in [0.2, 0.25) is 5.91 Å². The number of halogens is 1. The van der Waals surface area contributed by atoms with Crippen molar-refractivity contribution in [2.75, 3.05) is 13.2 Å². The third kappa shape index (κ3) is 7.97. The standard InChI is InChI=1S/C26H35BrN2O3/c1-6-19-13-14-23(21(27)17-19)32-18-24(30)29(16-15-20-11-9-8-10-12-20)22(7-2)25(31)28-26(3,4)5/h8-14,17,22H,6-7,15-16,18H2,1-5H3,(H,28,31)/t22-/m1/s1. The summed E-state index contributed by atoms with van der Waals surface area (Å²) in [7, 11) is 0. The number of benzene rings is 2. The molecule has 0 saturated heterocycles. The second kappa shape index (κ2) is 12.0. The van der Waals surface area contributed by atoms with E-state index in [0.29, 0.717) is 25.1 Å². The largest absolute Gasteiger partial charge is 0.483 e. The molecular formula is C26H35BrN2O3. The van der Waals surface area contributed by atoms with E-state index in [9.17, 15) is 9.59 Å². The van der Waals surface area contributed by atoms with E-state index < -0.39 is 6.04 Å². The van der Waals surface area contributed by atoms with Gasteiger partial charge in [-0.05, 0) is 79.2 Å². The summed E-state index contributed by atoms with van der Waals surface area (Å²) in [5, 5.41) is 3.02. The summed E-state index contributed by atoms with van der Waals surface area (Å²) in [6.07, 6.45) is 2.12. The minimum atomic E-state index is -0.556. The first-order valence-electron chi connectivity index (χ1n) is 11.2. The molecule has 32 heavy (non-hydrogen) atoms. The lowest BCUT2D eigenvalue weighted by Gasteiger charge is -2.33. The van der Waals surface area contributed by atoms with Gasteiger partial charge < -0.3 is 15.0 Å². The van der Waals surface area contributed by atoms with E-state index in [2.05, 4.69) is 28.2 Å². The Hall–Kier alpha value is -2.34. The van der Waals surface area contributed by atoms with Crippen LogP contribution in [0.3, 0.4) is 0 Å². The zero-order valence-corrected chi connectivity index (χ0v) is 21.4. The zero-order chi connectivity index (χ0) is 23.7. The fourth-order valence-electron chi connectivity index (χ4n) is 3.45. The molecule has 2 aromatic rings. The van der Waals surface area contributed by atoms with Gasteiger partial charge in [-0.3, -0.25) is 9.59 Å². The summed E-state index contributed by atoms with van der Waals surface area (Å²) < 4.78 is 6.65. The number of nitrogens with one attached hydrogen (secondary N) is 1. The molecule has 0 bridgehead atoms. The molecule has 0 fully saturated rings. The number of carbonyl (C=O) groups is 2. The zero-order valence-electron chi connectivity index (χ0n) is 19.8. The Morgan fingerprint density at radius 1 is 1.06 bits per heavy atom. The third-order valence-electron chi connectivity index (χ3n) is 5.12. The van der Waals surface area contributed by atoms with Crippen molar-refractivity contribution in [1.29, 1.82) is 0 Å². The Morgan fingerprint density at radius 2 is 1.75 bits per heavy atom. The SMILES string of the molecule is CCc1ccc(OCC(=O)N(CCc2ccccc2)[C@H](CC)C(=O)NC(C)(C)C)c(Br)c1. The van der Waals surface area contributed by atoms with Gasteiger partial charge in [0, 0.05) is 12.1 Å². The van der Waals surface area contributed by atoms with Crippen LogP contribution < -0.4 is 10.1 Å². The van der Waals surface area contributed by atoms with E-state index in [-0.39, 0.29) is 24.0 Å². The summed E-state index contributed by atoms with van der Waals surface area (Å²) in [5.41, 5.74) is 1.93. The van der Waals surface area contributed by atoms with Crippen LogP contribution in [-0.2, 0) is 22.4 Å². The number of ether oxygens (including phenoxy) is 1. The Bertz CT molecular complexity index is 894. The van der Waals surface area contributed by atoms with Crippen LogP contribution in [0.2, 0.25) is 0 Å². The summed E-state index contributed by atoms with van der Waals surface area (Å²) >= 11 is 3.52. The number of carbonyl (C=O) groups excluding carboxylic acids is 2. The molecule has 1 atom stereocenters. The Balaban J connectivity index is 2.17. The molecule has 6 heteroatoms. The van der Waals surface area contributed by atoms with E-state index in [1.807, 2.05) is 76.2 Å². The van der Waals surface area contributed by atoms with Crippen molar-refractivity contribution in [3.05, 3.63) is 64.1 Å². The lowest BCUT2D eigenvalue weighted by Crippen LogP contribution is -2.54. The van der Waals surface area contributed by atoms with Crippen molar-refractivity contribution in [1.82, 2.24) is 10.2 Å². The highest BCUT2D eigenvalue weighted by Gasteiger charge is 2.30. The molecule has 0 heterocycles. The predicted octanol–water partition coefficient (Wildman–Crippen LogP) is 5.15. The second-order valence-electron chi connectivity index (χ2n) is 8.89. The average Bonchev–Trinajstić information content (AvgIpc) is 2.74. The van der Waals surface area contributed by atoms with Gasteiger partial charge in [-0.2, -0.15) is 0 Å². The van der Waals surface area contributed by atoms with Gasteiger partial charge in [0.15, 0.2) is 6.61 Å². The first-order valence-corrected chi connectivity index (χ1v) is 12.0. The van der Waals surface area contributed by atoms with Crippen molar-refractivity contribution < 1.29 is 14.3 Å². The van der Waals surface area contributed by atoms with Crippen LogP contribution in [0.25, 0.3) is 0 Å². The molecule has 0 aliphatic rings. The maximum absolute atomic E-state index is 13.2. The summed E-state index contributed by atoms with van der Waals surface area (Å²) in [4.78, 5) is 27.9. The van der Waals surface area contributed by atoms with Crippen LogP contribution in [0.1, 0.15) is 52.2 Å². The minimum absolute atomic E-state index is 0.127.